The number of rotatable bonds is 15. The summed E-state index contributed by atoms with van der Waals surface area (Å²) in [6.45, 7) is 2.77. The predicted octanol–water partition coefficient (Wildman–Crippen LogP) is 1.12. The number of nitrogens with one attached hydrogen (secondary N) is 2. The quantitative estimate of drug-likeness (QED) is 0.0829. The van der Waals surface area contributed by atoms with Gasteiger partial charge >= 0.3 is 6.18 Å². The molecule has 10 N–H and O–H groups in total. The Morgan fingerprint density at radius 3 is 2.20 bits per heavy atom. The number of aliphatic imine (C=N–C) groups is 1. The Morgan fingerprint density at radius 1 is 1.02 bits per heavy atom. The zero-order chi connectivity index (χ0) is 34.9. The number of carbonyl (C=O) groups is 4. The van der Waals surface area contributed by atoms with Crippen LogP contribution in [0.4, 0.5) is 13.2 Å². The molecule has 2 rings (SSSR count). The average Bonchev–Trinajstić information content (AvgIpc) is 2.98. The third-order valence-electron chi connectivity index (χ3n) is 6.43. The summed E-state index contributed by atoms with van der Waals surface area (Å²) in [7, 11) is 0. The fourth-order valence-corrected chi connectivity index (χ4v) is 4.16. The lowest BCUT2D eigenvalue weighted by atomic mass is 10.0. The van der Waals surface area contributed by atoms with Crippen LogP contribution in [0.5, 0.6) is 5.75 Å². The number of amides is 3. The van der Waals surface area contributed by atoms with Gasteiger partial charge in [-0.1, -0.05) is 30.3 Å². The van der Waals surface area contributed by atoms with Crippen LogP contribution in [0.3, 0.4) is 0 Å². The third kappa shape index (κ3) is 15.2. The van der Waals surface area contributed by atoms with E-state index < -0.39 is 54.1 Å². The second-order valence-corrected chi connectivity index (χ2v) is 10.1. The molecule has 2 atom stereocenters. The number of carboxylic acids is 1. The second-order valence-electron chi connectivity index (χ2n) is 10.1. The number of aliphatic carboxylic acids is 1. The van der Waals surface area contributed by atoms with Crippen molar-refractivity contribution in [1.82, 2.24) is 15.5 Å². The summed E-state index contributed by atoms with van der Waals surface area (Å²) < 4.78 is 40.0. The molecule has 2 aromatic rings. The highest BCUT2D eigenvalue weighted by Gasteiger charge is 2.33. The van der Waals surface area contributed by atoms with E-state index in [0.29, 0.717) is 12.0 Å². The normalized spacial score (nSPS) is 12.0. The number of benzene rings is 2. The third-order valence-corrected chi connectivity index (χ3v) is 6.43. The van der Waals surface area contributed by atoms with Gasteiger partial charge in [-0.15, -0.1) is 0 Å². The lowest BCUT2D eigenvalue weighted by Crippen LogP contribution is -2.53. The summed E-state index contributed by atoms with van der Waals surface area (Å²) in [6.07, 6.45) is -3.92. The van der Waals surface area contributed by atoms with Crippen molar-refractivity contribution in [3.05, 3.63) is 65.2 Å². The van der Waals surface area contributed by atoms with E-state index in [1.54, 1.807) is 19.1 Å². The van der Waals surface area contributed by atoms with Gasteiger partial charge in [0.15, 0.2) is 5.96 Å². The number of nitrogens with two attached hydrogens (primary N) is 3. The van der Waals surface area contributed by atoms with Crippen LogP contribution >= 0.6 is 0 Å². The number of guanidine groups is 1. The van der Waals surface area contributed by atoms with Crippen molar-refractivity contribution in [2.45, 2.75) is 57.8 Å². The molecular formula is C30H42F3N7O6. The van der Waals surface area contributed by atoms with Gasteiger partial charge < -0.3 is 42.9 Å². The molecule has 0 saturated heterocycles. The Labute approximate surface area is 265 Å². The molecule has 0 aliphatic rings. The number of likely N-dealkylation sites (N-methyl/N-ethyl adjacent to an activating group) is 1. The summed E-state index contributed by atoms with van der Waals surface area (Å²) in [5.41, 5.74) is 16.7. The number of aromatic hydroxyl groups is 1. The van der Waals surface area contributed by atoms with Gasteiger partial charge in [-0.2, -0.15) is 13.2 Å². The van der Waals surface area contributed by atoms with Crippen molar-refractivity contribution in [1.29, 1.82) is 0 Å². The Bertz CT molecular complexity index is 1310. The molecule has 0 bridgehead atoms. The van der Waals surface area contributed by atoms with Gasteiger partial charge in [0.05, 0.1) is 18.2 Å². The van der Waals surface area contributed by atoms with Gasteiger partial charge in [0.2, 0.25) is 17.7 Å². The lowest BCUT2D eigenvalue weighted by Gasteiger charge is -2.24. The number of hydrogen-bond donors (Lipinski definition) is 7. The van der Waals surface area contributed by atoms with E-state index >= 15 is 0 Å². The molecule has 3 amide bonds. The predicted molar refractivity (Wildman–Crippen MR) is 165 cm³/mol. The van der Waals surface area contributed by atoms with E-state index in [4.69, 9.17) is 27.1 Å². The number of carbonyl (C=O) groups excluding carboxylic acids is 3. The molecule has 254 valence electrons. The summed E-state index contributed by atoms with van der Waals surface area (Å²) in [5, 5.41) is 22.0. The molecule has 13 nitrogen and oxygen atoms in total. The van der Waals surface area contributed by atoms with Crippen LogP contribution in [-0.4, -0.2) is 83.0 Å². The van der Waals surface area contributed by atoms with Crippen LogP contribution in [0.25, 0.3) is 0 Å². The standard InChI is InChI=1S/C28H38F3N7O4.C2H4O2/c1-2-38(15-13-19-6-3-4-7-21(19)28(29,30)31)24(40)17-36-26(42)23(8-5-14-35-27(33)34)37-25(41)22(32)16-18-9-11-20(39)12-10-18;1-2(3)4/h3-4,6-7,9-12,22-23,39H,2,5,8,13-17,32H2,1H3,(H,36,42)(H,37,41)(H4,33,34,35);1H3,(H,3,4)/t22-,23+;/m0./s1. The number of alkyl halides is 3. The lowest BCUT2D eigenvalue weighted by molar-refractivity contribution is -0.138. The van der Waals surface area contributed by atoms with Crippen molar-refractivity contribution in [3.8, 4) is 5.75 Å². The first kappa shape index (κ1) is 39.2. The molecule has 46 heavy (non-hydrogen) atoms. The first-order valence-corrected chi connectivity index (χ1v) is 14.3. The summed E-state index contributed by atoms with van der Waals surface area (Å²) in [4.78, 5) is 52.8. The van der Waals surface area contributed by atoms with Crippen LogP contribution in [0.15, 0.2) is 53.5 Å². The van der Waals surface area contributed by atoms with Crippen molar-refractivity contribution < 1.29 is 42.6 Å². The SMILES string of the molecule is CC(=O)O.CCN(CCc1ccccc1C(F)(F)F)C(=O)CNC(=O)[C@@H](CCCN=C(N)N)NC(=O)[C@@H](N)Cc1ccc(O)cc1. The highest BCUT2D eigenvalue weighted by atomic mass is 19.4. The largest absolute Gasteiger partial charge is 0.508 e. The van der Waals surface area contributed by atoms with Gasteiger partial charge in [-0.25, -0.2) is 0 Å². The number of phenolic OH excluding ortho intramolecular Hbond substituents is 1. The molecule has 16 heteroatoms. The molecule has 0 aliphatic carbocycles. The highest BCUT2D eigenvalue weighted by Crippen LogP contribution is 2.32. The maximum Gasteiger partial charge on any atom is 0.416 e. The summed E-state index contributed by atoms with van der Waals surface area (Å²) >= 11 is 0. The van der Waals surface area contributed by atoms with Gasteiger partial charge in [0, 0.05) is 26.6 Å². The van der Waals surface area contributed by atoms with E-state index in [0.717, 1.165) is 13.0 Å². The van der Waals surface area contributed by atoms with Crippen LogP contribution in [0.1, 0.15) is 43.4 Å². The second kappa shape index (κ2) is 19.5. The van der Waals surface area contributed by atoms with Crippen molar-refractivity contribution >= 4 is 29.7 Å². The summed E-state index contributed by atoms with van der Waals surface area (Å²) in [6, 6.07) is 9.27. The first-order chi connectivity index (χ1) is 21.5. The number of hydrogen-bond acceptors (Lipinski definition) is 7. The Kier molecular flexibility index (Phi) is 16.6. The van der Waals surface area contributed by atoms with Crippen molar-refractivity contribution in [2.75, 3.05) is 26.2 Å². The molecule has 0 heterocycles. The fraction of sp³-hybridized carbons (Fsp3) is 0.433. The van der Waals surface area contributed by atoms with Crippen LogP contribution < -0.4 is 27.8 Å². The van der Waals surface area contributed by atoms with Crippen molar-refractivity contribution in [3.63, 3.8) is 0 Å². The van der Waals surface area contributed by atoms with Gasteiger partial charge in [-0.05, 0) is 61.9 Å². The molecule has 0 aliphatic heterocycles. The van der Waals surface area contributed by atoms with Crippen molar-refractivity contribution in [2.24, 2.45) is 22.2 Å². The molecule has 0 unspecified atom stereocenters. The van der Waals surface area contributed by atoms with E-state index in [1.807, 2.05) is 0 Å². The molecule has 0 aromatic heterocycles. The minimum atomic E-state index is -4.52. The zero-order valence-corrected chi connectivity index (χ0v) is 25.7. The Hall–Kier alpha value is -4.86. The van der Waals surface area contributed by atoms with E-state index in [9.17, 15) is 32.7 Å². The molecular weight excluding hydrogens is 611 g/mol. The summed E-state index contributed by atoms with van der Waals surface area (Å²) in [5.74, 6) is -2.63. The molecule has 0 radical (unpaired) electrons. The highest BCUT2D eigenvalue weighted by molar-refractivity contribution is 5.92. The monoisotopic (exact) mass is 653 g/mol. The van der Waals surface area contributed by atoms with E-state index in [2.05, 4.69) is 15.6 Å². The maximum absolute atomic E-state index is 13.3. The molecule has 2 aromatic carbocycles. The Morgan fingerprint density at radius 2 is 1.63 bits per heavy atom. The van der Waals surface area contributed by atoms with Crippen LogP contribution in [0.2, 0.25) is 0 Å². The van der Waals surface area contributed by atoms with Crippen LogP contribution in [-0.2, 0) is 38.2 Å². The minimum Gasteiger partial charge on any atom is -0.508 e. The maximum atomic E-state index is 13.3. The van der Waals surface area contributed by atoms with Gasteiger partial charge in [0.1, 0.15) is 11.8 Å². The minimum absolute atomic E-state index is 0.0170. The van der Waals surface area contributed by atoms with Gasteiger partial charge in [0.25, 0.3) is 5.97 Å². The topological polar surface area (TPSA) is 226 Å². The smallest absolute Gasteiger partial charge is 0.416 e. The number of nitrogens with zero attached hydrogens (tertiary/aromatic N) is 2. The number of carboxylic acid groups (broad SMARTS) is 1. The number of phenols is 1. The average molecular weight is 654 g/mol. The molecule has 0 fully saturated rings. The van der Waals surface area contributed by atoms with Crippen LogP contribution in [0, 0.1) is 0 Å². The Balaban J connectivity index is 0.00000249. The van der Waals surface area contributed by atoms with E-state index in [-0.39, 0.29) is 56.2 Å². The fourth-order valence-electron chi connectivity index (χ4n) is 4.16. The van der Waals surface area contributed by atoms with Gasteiger partial charge in [-0.3, -0.25) is 24.2 Å². The molecule has 0 spiro atoms. The number of halogens is 3. The van der Waals surface area contributed by atoms with E-state index in [1.165, 1.54) is 35.2 Å². The first-order valence-electron chi connectivity index (χ1n) is 14.3. The molecule has 0 saturated carbocycles. The zero-order valence-electron chi connectivity index (χ0n) is 25.7.